The van der Waals surface area contributed by atoms with Gasteiger partial charge in [0, 0.05) is 70.1 Å². The van der Waals surface area contributed by atoms with Gasteiger partial charge in [-0.25, -0.2) is 0 Å². The molecule has 2 aliphatic rings. The van der Waals surface area contributed by atoms with Crippen molar-refractivity contribution in [2.75, 3.05) is 9.80 Å². The summed E-state index contributed by atoms with van der Waals surface area (Å²) in [4.78, 5) is 4.93. The van der Waals surface area contributed by atoms with Crippen LogP contribution in [0.5, 0.6) is 11.5 Å². The van der Waals surface area contributed by atoms with Crippen molar-refractivity contribution in [3.8, 4) is 22.6 Å². The summed E-state index contributed by atoms with van der Waals surface area (Å²) in [5.41, 5.74) is 13.5. The molecule has 2 heterocycles. The normalized spacial score (nSPS) is 13.0. The van der Waals surface area contributed by atoms with Crippen LogP contribution in [0.15, 0.2) is 243 Å². The molecule has 12 aromatic rings. The number of benzene rings is 11. The van der Waals surface area contributed by atoms with Crippen molar-refractivity contribution in [2.45, 2.75) is 5.41 Å². The Morgan fingerprint density at radius 3 is 1.46 bits per heavy atom. The van der Waals surface area contributed by atoms with E-state index >= 15 is 0 Å². The number of ether oxygens (including phenoxy) is 1. The molecule has 0 unspecified atom stereocenters. The molecule has 314 valence electrons. The Morgan fingerprint density at radius 1 is 0.343 bits per heavy atom. The Hall–Kier alpha value is -8.44. The first-order valence-electron chi connectivity index (χ1n) is 22.9. The highest BCUT2D eigenvalue weighted by Gasteiger charge is 2.52. The first-order valence-corrected chi connectivity index (χ1v) is 23.7. The maximum absolute atomic E-state index is 6.70. The number of fused-ring (bicyclic) bond motifs is 16. The molecule has 4 heteroatoms. The molecule has 1 aliphatic heterocycles. The van der Waals surface area contributed by atoms with Gasteiger partial charge in [0.15, 0.2) is 0 Å². The van der Waals surface area contributed by atoms with Gasteiger partial charge in [0.1, 0.15) is 11.5 Å². The van der Waals surface area contributed by atoms with E-state index in [0.717, 1.165) is 56.8 Å². The lowest BCUT2D eigenvalue weighted by molar-refractivity contribution is 0.436. The third kappa shape index (κ3) is 5.45. The van der Waals surface area contributed by atoms with Crippen LogP contribution in [0.4, 0.5) is 34.1 Å². The van der Waals surface area contributed by atoms with Crippen LogP contribution < -0.4 is 14.5 Å². The largest absolute Gasteiger partial charge is 0.457 e. The second kappa shape index (κ2) is 14.8. The fraction of sp³-hybridized carbons (Fsp3) is 0.0159. The first kappa shape index (κ1) is 37.9. The quantitative estimate of drug-likeness (QED) is 0.166. The highest BCUT2D eigenvalue weighted by atomic mass is 32.1. The predicted molar refractivity (Wildman–Crippen MR) is 281 cm³/mol. The summed E-state index contributed by atoms with van der Waals surface area (Å²) in [5, 5.41) is 7.42. The highest BCUT2D eigenvalue weighted by molar-refractivity contribution is 7.27. The summed E-state index contributed by atoms with van der Waals surface area (Å²) in [6.45, 7) is 0. The van der Waals surface area contributed by atoms with E-state index in [0.29, 0.717) is 0 Å². The second-order valence-corrected chi connectivity index (χ2v) is 18.6. The predicted octanol–water partition coefficient (Wildman–Crippen LogP) is 17.8. The van der Waals surface area contributed by atoms with Crippen molar-refractivity contribution in [2.24, 2.45) is 0 Å². The maximum Gasteiger partial charge on any atom is 0.132 e. The van der Waals surface area contributed by atoms with Gasteiger partial charge < -0.3 is 14.5 Å². The van der Waals surface area contributed by atoms with Crippen LogP contribution in [0.25, 0.3) is 52.8 Å². The van der Waals surface area contributed by atoms with Crippen molar-refractivity contribution in [1.82, 2.24) is 0 Å². The highest BCUT2D eigenvalue weighted by Crippen LogP contribution is 2.64. The third-order valence-corrected chi connectivity index (χ3v) is 15.2. The lowest BCUT2D eigenvalue weighted by Crippen LogP contribution is -2.32. The van der Waals surface area contributed by atoms with E-state index in [1.807, 2.05) is 11.3 Å². The fourth-order valence-electron chi connectivity index (χ4n) is 11.4. The van der Waals surface area contributed by atoms with Crippen LogP contribution in [0.3, 0.4) is 0 Å². The molecule has 0 saturated carbocycles. The van der Waals surface area contributed by atoms with Gasteiger partial charge in [-0.3, -0.25) is 0 Å². The Morgan fingerprint density at radius 2 is 0.821 bits per heavy atom. The summed E-state index contributed by atoms with van der Waals surface area (Å²) < 4.78 is 9.24. The molecule has 11 aromatic carbocycles. The van der Waals surface area contributed by atoms with Gasteiger partial charge in [0.05, 0.1) is 22.5 Å². The number of anilines is 6. The van der Waals surface area contributed by atoms with E-state index in [9.17, 15) is 0 Å². The molecule has 0 bridgehead atoms. The molecule has 0 amide bonds. The van der Waals surface area contributed by atoms with E-state index in [1.54, 1.807) is 0 Å². The monoisotopic (exact) mass is 872 g/mol. The molecule has 14 rings (SSSR count). The molecule has 3 nitrogen and oxygen atoms in total. The summed E-state index contributed by atoms with van der Waals surface area (Å²) >= 11 is 1.90. The lowest BCUT2D eigenvalue weighted by atomic mass is 9.66. The topological polar surface area (TPSA) is 15.7 Å². The van der Waals surface area contributed by atoms with Gasteiger partial charge in [-0.1, -0.05) is 176 Å². The summed E-state index contributed by atoms with van der Waals surface area (Å²) in [5.74, 6) is 1.78. The molecule has 0 fully saturated rings. The van der Waals surface area contributed by atoms with Crippen LogP contribution >= 0.6 is 11.3 Å². The molecule has 1 spiro atoms. The average Bonchev–Trinajstić information content (AvgIpc) is 3.92. The molecular formula is C63H40N2OS. The summed E-state index contributed by atoms with van der Waals surface area (Å²) in [6, 6.07) is 88.5. The number of hydrogen-bond acceptors (Lipinski definition) is 4. The minimum Gasteiger partial charge on any atom is -0.457 e. The minimum absolute atomic E-state index is 0.584. The SMILES string of the molecule is c1ccc(N(c2ccccc2)c2cc3c(sc4cc(N(c5ccccc5)c5cccc6c5-c5ccccc5C65c6ccccc6Oc6ccccc65)c5ccccc5c43)c3ccccc23)cc1. The zero-order valence-corrected chi connectivity index (χ0v) is 37.1. The van der Waals surface area contributed by atoms with Crippen molar-refractivity contribution >= 4 is 87.2 Å². The number of hydrogen-bond donors (Lipinski definition) is 0. The van der Waals surface area contributed by atoms with Crippen LogP contribution in [0.2, 0.25) is 0 Å². The van der Waals surface area contributed by atoms with E-state index in [2.05, 4.69) is 252 Å². The van der Waals surface area contributed by atoms with Crippen LogP contribution in [0, 0.1) is 0 Å². The van der Waals surface area contributed by atoms with Crippen LogP contribution in [0.1, 0.15) is 22.3 Å². The fourth-order valence-corrected chi connectivity index (χ4v) is 12.7. The van der Waals surface area contributed by atoms with Gasteiger partial charge in [-0.05, 0) is 88.8 Å². The maximum atomic E-state index is 6.70. The Bertz CT molecular complexity index is 3830. The van der Waals surface area contributed by atoms with Gasteiger partial charge >= 0.3 is 0 Å². The zero-order chi connectivity index (χ0) is 44.1. The Labute approximate surface area is 392 Å². The molecule has 0 radical (unpaired) electrons. The van der Waals surface area contributed by atoms with E-state index < -0.39 is 5.41 Å². The molecule has 67 heavy (non-hydrogen) atoms. The van der Waals surface area contributed by atoms with Gasteiger partial charge in [0.2, 0.25) is 0 Å². The standard InChI is InChI=1S/C63H40N2OS/c1-4-21-41(22-5-1)64(42-23-6-2-7-24-42)55-39-49-60-46-29-12-10-27-44(46)56(40-59(60)67-62(49)47-30-13-11-28-45(47)55)65(43-25-8-3-9-26-43)54-36-20-35-53-61(54)48-31-14-15-32-50(48)63(53)51-33-16-18-37-57(51)66-58-38-19-17-34-52(58)63/h1-40H. The summed E-state index contributed by atoms with van der Waals surface area (Å²) in [6.07, 6.45) is 0. The van der Waals surface area contributed by atoms with E-state index in [1.165, 1.54) is 64.0 Å². The van der Waals surface area contributed by atoms with Crippen molar-refractivity contribution in [3.63, 3.8) is 0 Å². The summed E-state index contributed by atoms with van der Waals surface area (Å²) in [7, 11) is 0. The van der Waals surface area contributed by atoms with Crippen molar-refractivity contribution in [1.29, 1.82) is 0 Å². The number of rotatable bonds is 6. The molecule has 1 aromatic heterocycles. The number of nitrogens with zero attached hydrogens (tertiary/aromatic N) is 2. The lowest BCUT2D eigenvalue weighted by Gasteiger charge is -2.39. The van der Waals surface area contributed by atoms with Crippen LogP contribution in [-0.2, 0) is 5.41 Å². The van der Waals surface area contributed by atoms with E-state index in [4.69, 9.17) is 4.74 Å². The number of para-hydroxylation sites is 5. The van der Waals surface area contributed by atoms with Crippen molar-refractivity contribution in [3.05, 3.63) is 265 Å². The Balaban J connectivity index is 1.06. The van der Waals surface area contributed by atoms with Crippen LogP contribution in [-0.4, -0.2) is 0 Å². The zero-order valence-electron chi connectivity index (χ0n) is 36.3. The minimum atomic E-state index is -0.584. The molecule has 1 aliphatic carbocycles. The number of thiophene rings is 1. The Kier molecular flexibility index (Phi) is 8.37. The van der Waals surface area contributed by atoms with Gasteiger partial charge in [0.25, 0.3) is 0 Å². The van der Waals surface area contributed by atoms with Gasteiger partial charge in [-0.2, -0.15) is 0 Å². The molecule has 0 N–H and O–H groups in total. The molecule has 0 saturated heterocycles. The second-order valence-electron chi connectivity index (χ2n) is 17.5. The van der Waals surface area contributed by atoms with Crippen molar-refractivity contribution < 1.29 is 4.74 Å². The molecule has 0 atom stereocenters. The third-order valence-electron chi connectivity index (χ3n) is 14.1. The van der Waals surface area contributed by atoms with Gasteiger partial charge in [-0.15, -0.1) is 11.3 Å². The smallest absolute Gasteiger partial charge is 0.132 e. The first-order chi connectivity index (χ1) is 33.3. The van der Waals surface area contributed by atoms with E-state index in [-0.39, 0.29) is 0 Å². The molecular weight excluding hydrogens is 833 g/mol. The average molecular weight is 873 g/mol.